The van der Waals surface area contributed by atoms with E-state index in [1.807, 2.05) is 6.92 Å². The van der Waals surface area contributed by atoms with E-state index in [1.165, 1.54) is 0 Å². The number of morpholine rings is 1. The highest BCUT2D eigenvalue weighted by atomic mass is 16.5. The third kappa shape index (κ3) is 2.00. The van der Waals surface area contributed by atoms with Gasteiger partial charge in [-0.25, -0.2) is 0 Å². The lowest BCUT2D eigenvalue weighted by molar-refractivity contribution is 0.0343. The summed E-state index contributed by atoms with van der Waals surface area (Å²) in [6.07, 6.45) is 3.60. The standard InChI is InChI=1S/C12H15N3O/c1-9-8-16-10(2)7-15(9)12-6-14-4-3-11(12)5-13/h3-4,6,9-10H,7-8H2,1-2H3. The van der Waals surface area contributed by atoms with Crippen LogP contribution in [0.1, 0.15) is 19.4 Å². The lowest BCUT2D eigenvalue weighted by Gasteiger charge is -2.38. The fourth-order valence-electron chi connectivity index (χ4n) is 1.95. The van der Waals surface area contributed by atoms with Crippen molar-refractivity contribution in [3.63, 3.8) is 0 Å². The van der Waals surface area contributed by atoms with Crippen LogP contribution in [0.2, 0.25) is 0 Å². The molecule has 84 valence electrons. The van der Waals surface area contributed by atoms with E-state index in [-0.39, 0.29) is 12.1 Å². The Labute approximate surface area is 95.5 Å². The largest absolute Gasteiger partial charge is 0.375 e. The monoisotopic (exact) mass is 217 g/mol. The summed E-state index contributed by atoms with van der Waals surface area (Å²) in [5.41, 5.74) is 1.59. The van der Waals surface area contributed by atoms with Crippen LogP contribution in [-0.2, 0) is 4.74 Å². The number of aromatic nitrogens is 1. The average molecular weight is 217 g/mol. The Morgan fingerprint density at radius 3 is 3.12 bits per heavy atom. The zero-order valence-electron chi connectivity index (χ0n) is 9.55. The van der Waals surface area contributed by atoms with Crippen molar-refractivity contribution in [1.82, 2.24) is 4.98 Å². The van der Waals surface area contributed by atoms with Crippen molar-refractivity contribution < 1.29 is 4.74 Å². The molecule has 0 radical (unpaired) electrons. The molecule has 1 aromatic heterocycles. The van der Waals surface area contributed by atoms with Crippen molar-refractivity contribution in [1.29, 1.82) is 5.26 Å². The molecule has 4 nitrogen and oxygen atoms in total. The van der Waals surface area contributed by atoms with Crippen molar-refractivity contribution in [3.8, 4) is 6.07 Å². The Bertz CT molecular complexity index is 413. The molecule has 0 spiro atoms. The van der Waals surface area contributed by atoms with Gasteiger partial charge in [0.15, 0.2) is 0 Å². The van der Waals surface area contributed by atoms with Crippen LogP contribution in [0.5, 0.6) is 0 Å². The zero-order valence-corrected chi connectivity index (χ0v) is 9.55. The highest BCUT2D eigenvalue weighted by molar-refractivity contribution is 5.58. The highest BCUT2D eigenvalue weighted by Crippen LogP contribution is 2.24. The second-order valence-corrected chi connectivity index (χ2v) is 4.15. The Hall–Kier alpha value is -1.60. The number of hydrogen-bond acceptors (Lipinski definition) is 4. The van der Waals surface area contributed by atoms with Crippen LogP contribution >= 0.6 is 0 Å². The summed E-state index contributed by atoms with van der Waals surface area (Å²) in [5.74, 6) is 0. The van der Waals surface area contributed by atoms with E-state index in [0.717, 1.165) is 12.2 Å². The number of anilines is 1. The molecule has 2 unspecified atom stereocenters. The maximum absolute atomic E-state index is 9.07. The minimum absolute atomic E-state index is 0.197. The molecule has 1 aliphatic rings. The van der Waals surface area contributed by atoms with E-state index in [4.69, 9.17) is 10.00 Å². The lowest BCUT2D eigenvalue weighted by atomic mass is 10.1. The average Bonchev–Trinajstić information content (AvgIpc) is 2.32. The first-order chi connectivity index (χ1) is 7.72. The van der Waals surface area contributed by atoms with E-state index in [0.29, 0.717) is 12.2 Å². The van der Waals surface area contributed by atoms with Crippen molar-refractivity contribution in [3.05, 3.63) is 24.0 Å². The molecule has 2 atom stereocenters. The van der Waals surface area contributed by atoms with Gasteiger partial charge in [-0.15, -0.1) is 0 Å². The fourth-order valence-corrected chi connectivity index (χ4v) is 1.95. The molecular weight excluding hydrogens is 202 g/mol. The van der Waals surface area contributed by atoms with Crippen LogP contribution < -0.4 is 4.90 Å². The molecule has 0 N–H and O–H groups in total. The van der Waals surface area contributed by atoms with Gasteiger partial charge in [-0.3, -0.25) is 4.98 Å². The van der Waals surface area contributed by atoms with Crippen molar-refractivity contribution in [2.45, 2.75) is 26.0 Å². The minimum Gasteiger partial charge on any atom is -0.375 e. The fraction of sp³-hybridized carbons (Fsp3) is 0.500. The quantitative estimate of drug-likeness (QED) is 0.716. The lowest BCUT2D eigenvalue weighted by Crippen LogP contribution is -2.47. The highest BCUT2D eigenvalue weighted by Gasteiger charge is 2.25. The molecule has 1 aromatic rings. The van der Waals surface area contributed by atoms with Crippen LogP contribution in [0.4, 0.5) is 5.69 Å². The van der Waals surface area contributed by atoms with E-state index in [2.05, 4.69) is 22.9 Å². The van der Waals surface area contributed by atoms with Crippen LogP contribution in [-0.4, -0.2) is 30.3 Å². The summed E-state index contributed by atoms with van der Waals surface area (Å²) in [7, 11) is 0. The molecule has 0 bridgehead atoms. The predicted molar refractivity (Wildman–Crippen MR) is 61.2 cm³/mol. The number of ether oxygens (including phenoxy) is 1. The summed E-state index contributed by atoms with van der Waals surface area (Å²) in [4.78, 5) is 6.29. The van der Waals surface area contributed by atoms with Crippen molar-refractivity contribution >= 4 is 5.69 Å². The van der Waals surface area contributed by atoms with Gasteiger partial charge in [0.05, 0.1) is 30.2 Å². The van der Waals surface area contributed by atoms with E-state index >= 15 is 0 Å². The molecular formula is C12H15N3O. The summed E-state index contributed by atoms with van der Waals surface area (Å²) in [6.45, 7) is 5.64. The van der Waals surface area contributed by atoms with Gasteiger partial charge in [-0.2, -0.15) is 5.26 Å². The second kappa shape index (κ2) is 4.50. The van der Waals surface area contributed by atoms with E-state index in [9.17, 15) is 0 Å². The first-order valence-corrected chi connectivity index (χ1v) is 5.44. The maximum atomic E-state index is 9.07. The third-order valence-corrected chi connectivity index (χ3v) is 2.84. The zero-order chi connectivity index (χ0) is 11.5. The Balaban J connectivity index is 2.32. The van der Waals surface area contributed by atoms with Gasteiger partial charge in [0, 0.05) is 18.8 Å². The summed E-state index contributed by atoms with van der Waals surface area (Å²) < 4.78 is 5.57. The number of pyridine rings is 1. The predicted octanol–water partition coefficient (Wildman–Crippen LogP) is 1.57. The first-order valence-electron chi connectivity index (χ1n) is 5.44. The smallest absolute Gasteiger partial charge is 0.101 e. The van der Waals surface area contributed by atoms with Crippen LogP contribution in [0.25, 0.3) is 0 Å². The Kier molecular flexibility index (Phi) is 3.07. The molecule has 1 aliphatic heterocycles. The molecule has 2 heterocycles. The molecule has 16 heavy (non-hydrogen) atoms. The van der Waals surface area contributed by atoms with Gasteiger partial charge in [0.1, 0.15) is 6.07 Å². The Morgan fingerprint density at radius 2 is 2.38 bits per heavy atom. The van der Waals surface area contributed by atoms with Crippen molar-refractivity contribution in [2.24, 2.45) is 0 Å². The molecule has 1 saturated heterocycles. The maximum Gasteiger partial charge on any atom is 0.101 e. The minimum atomic E-state index is 0.197. The third-order valence-electron chi connectivity index (χ3n) is 2.84. The SMILES string of the molecule is CC1CN(c2cnccc2C#N)C(C)CO1. The molecule has 0 aliphatic carbocycles. The van der Waals surface area contributed by atoms with Crippen molar-refractivity contribution in [2.75, 3.05) is 18.1 Å². The second-order valence-electron chi connectivity index (χ2n) is 4.15. The van der Waals surface area contributed by atoms with Crippen LogP contribution in [0, 0.1) is 11.3 Å². The molecule has 0 aromatic carbocycles. The van der Waals surface area contributed by atoms with Gasteiger partial charge in [0.25, 0.3) is 0 Å². The normalized spacial score (nSPS) is 25.2. The molecule has 4 heteroatoms. The molecule has 0 amide bonds. The van der Waals surface area contributed by atoms with Gasteiger partial charge in [-0.05, 0) is 19.9 Å². The number of nitrogens with zero attached hydrogens (tertiary/aromatic N) is 3. The summed E-state index contributed by atoms with van der Waals surface area (Å²) in [5, 5.41) is 9.07. The molecule has 0 saturated carbocycles. The number of hydrogen-bond donors (Lipinski definition) is 0. The summed E-state index contributed by atoms with van der Waals surface area (Å²) in [6, 6.07) is 4.24. The summed E-state index contributed by atoms with van der Waals surface area (Å²) >= 11 is 0. The topological polar surface area (TPSA) is 49.2 Å². The molecule has 2 rings (SSSR count). The van der Waals surface area contributed by atoms with E-state index < -0.39 is 0 Å². The van der Waals surface area contributed by atoms with Crippen LogP contribution in [0.3, 0.4) is 0 Å². The van der Waals surface area contributed by atoms with Gasteiger partial charge >= 0.3 is 0 Å². The van der Waals surface area contributed by atoms with Gasteiger partial charge in [-0.1, -0.05) is 0 Å². The van der Waals surface area contributed by atoms with Gasteiger partial charge in [0.2, 0.25) is 0 Å². The number of rotatable bonds is 1. The first kappa shape index (κ1) is 10.9. The number of nitriles is 1. The molecule has 1 fully saturated rings. The Morgan fingerprint density at radius 1 is 1.56 bits per heavy atom. The van der Waals surface area contributed by atoms with Gasteiger partial charge < -0.3 is 9.64 Å². The van der Waals surface area contributed by atoms with E-state index in [1.54, 1.807) is 18.5 Å². The van der Waals surface area contributed by atoms with Crippen LogP contribution in [0.15, 0.2) is 18.5 Å².